The van der Waals surface area contributed by atoms with Gasteiger partial charge >= 0.3 is 23.9 Å². The number of carbonyl (C=O) groups is 6. The van der Waals surface area contributed by atoms with E-state index < -0.39 is 35.9 Å². The Balaban J connectivity index is 0.000000271. The van der Waals surface area contributed by atoms with Gasteiger partial charge in [-0.25, -0.2) is 9.59 Å². The van der Waals surface area contributed by atoms with E-state index in [1.165, 1.54) is 12.0 Å². The van der Waals surface area contributed by atoms with Crippen LogP contribution in [0.5, 0.6) is 0 Å². The van der Waals surface area contributed by atoms with Crippen molar-refractivity contribution in [2.24, 2.45) is 11.8 Å². The number of ether oxygens (including phenoxy) is 5. The second-order valence-electron chi connectivity index (χ2n) is 19.9. The third kappa shape index (κ3) is 20.3. The van der Waals surface area contributed by atoms with E-state index in [1.54, 1.807) is 4.90 Å². The highest BCUT2D eigenvalue weighted by atomic mass is 79.9. The summed E-state index contributed by atoms with van der Waals surface area (Å²) in [6.45, 7) is 8.72. The fourth-order valence-electron chi connectivity index (χ4n) is 10.2. The van der Waals surface area contributed by atoms with Gasteiger partial charge in [0.1, 0.15) is 24.3 Å². The summed E-state index contributed by atoms with van der Waals surface area (Å²) in [5.74, 6) is -3.79. The van der Waals surface area contributed by atoms with Crippen molar-refractivity contribution >= 4 is 67.6 Å². The summed E-state index contributed by atoms with van der Waals surface area (Å²) in [5.41, 5.74) is 1.98. The van der Waals surface area contributed by atoms with Crippen LogP contribution in [0.25, 0.3) is 0 Å². The quantitative estimate of drug-likeness (QED) is 0.0370. The number of carbonyl (C=O) groups excluding carboxylic acids is 5. The van der Waals surface area contributed by atoms with E-state index >= 15 is 0 Å². The van der Waals surface area contributed by atoms with Gasteiger partial charge in [0.15, 0.2) is 0 Å². The fraction of sp³-hybridized carbons (Fsp3) is 0.614. The number of amides is 2. The largest absolute Gasteiger partial charge is 0.480 e. The molecule has 0 aromatic heterocycles. The Labute approximate surface area is 449 Å². The van der Waals surface area contributed by atoms with Crippen LogP contribution in [0, 0.1) is 11.8 Å². The smallest absolute Gasteiger partial charge is 0.328 e. The van der Waals surface area contributed by atoms with Gasteiger partial charge in [-0.1, -0.05) is 94.0 Å². The summed E-state index contributed by atoms with van der Waals surface area (Å²) < 4.78 is 30.4. The monoisotopic (exact) mass is 1140 g/mol. The normalized spacial score (nSPS) is 20.7. The number of esters is 3. The number of benzene rings is 2. The number of nitrogens with zero attached hydrogens (tertiary/aromatic N) is 2. The molecule has 0 spiro atoms. The number of allylic oxidation sites excluding steroid dienone is 2. The predicted molar refractivity (Wildman–Crippen MR) is 285 cm³/mol. The third-order valence-electron chi connectivity index (χ3n) is 14.3. The molecule has 16 heteroatoms. The first-order chi connectivity index (χ1) is 35.3. The van der Waals surface area contributed by atoms with Crippen LogP contribution in [-0.4, -0.2) is 107 Å². The number of aliphatic carboxylic acids is 1. The SMILES string of the molecule is C=CCCCCC[C@H](CC(=O)OC1CCCC1)C(=O)N1C[C@@H](OCc2ccc(Br)cc2)C[C@H]1C(=O)O.C=CCCCCC[C@H](CC(=O)OC1CCCC1)C(=O)N1C[C@@H](OCc2ccc(Br)cc2)C[C@H]1C(=O)OC. The molecule has 4 fully saturated rings. The van der Waals surface area contributed by atoms with Gasteiger partial charge in [-0.05, 0) is 125 Å². The van der Waals surface area contributed by atoms with Gasteiger partial charge in [-0.15, -0.1) is 13.2 Å². The van der Waals surface area contributed by atoms with Crippen molar-refractivity contribution in [2.75, 3.05) is 20.2 Å². The van der Waals surface area contributed by atoms with Crippen molar-refractivity contribution < 1.29 is 57.6 Å². The minimum Gasteiger partial charge on any atom is -0.480 e. The molecule has 0 radical (unpaired) electrons. The van der Waals surface area contributed by atoms with E-state index in [2.05, 4.69) is 45.0 Å². The summed E-state index contributed by atoms with van der Waals surface area (Å²) >= 11 is 6.84. The molecule has 402 valence electrons. The second kappa shape index (κ2) is 32.1. The number of halogens is 2. The summed E-state index contributed by atoms with van der Waals surface area (Å²) in [6.07, 6.45) is 19.8. The molecule has 0 bridgehead atoms. The molecule has 2 aliphatic heterocycles. The number of hydrogen-bond donors (Lipinski definition) is 1. The molecular formula is C57H78Br2N2O12. The molecule has 1 N–H and O–H groups in total. The van der Waals surface area contributed by atoms with Crippen molar-refractivity contribution in [1.82, 2.24) is 9.80 Å². The summed E-state index contributed by atoms with van der Waals surface area (Å²) in [5, 5.41) is 9.84. The topological polar surface area (TPSA) is 175 Å². The first-order valence-electron chi connectivity index (χ1n) is 26.5. The van der Waals surface area contributed by atoms with E-state index in [1.807, 2.05) is 60.7 Å². The maximum absolute atomic E-state index is 13.8. The Morgan fingerprint density at radius 2 is 1.00 bits per heavy atom. The van der Waals surface area contributed by atoms with Crippen LogP contribution in [0.2, 0.25) is 0 Å². The lowest BCUT2D eigenvalue weighted by molar-refractivity contribution is -0.156. The van der Waals surface area contributed by atoms with Crippen LogP contribution in [0.1, 0.15) is 152 Å². The summed E-state index contributed by atoms with van der Waals surface area (Å²) in [7, 11) is 1.33. The molecule has 14 nitrogen and oxygen atoms in total. The number of carboxylic acids is 1. The van der Waals surface area contributed by atoms with Gasteiger partial charge in [0.2, 0.25) is 11.8 Å². The zero-order chi connectivity index (χ0) is 52.5. The van der Waals surface area contributed by atoms with Crippen LogP contribution >= 0.6 is 31.9 Å². The van der Waals surface area contributed by atoms with E-state index in [-0.39, 0.29) is 74.0 Å². The lowest BCUT2D eigenvalue weighted by atomic mass is 9.95. The fourth-order valence-corrected chi connectivity index (χ4v) is 10.7. The summed E-state index contributed by atoms with van der Waals surface area (Å²) in [4.78, 5) is 80.4. The molecule has 2 heterocycles. The van der Waals surface area contributed by atoms with Crippen molar-refractivity contribution in [3.05, 3.63) is 93.9 Å². The van der Waals surface area contributed by atoms with Crippen molar-refractivity contribution in [3.8, 4) is 0 Å². The average Bonchev–Trinajstić information content (AvgIpc) is 4.24. The van der Waals surface area contributed by atoms with E-state index in [9.17, 15) is 33.9 Å². The Bertz CT molecular complexity index is 2070. The third-order valence-corrected chi connectivity index (χ3v) is 15.4. The Hall–Kier alpha value is -4.38. The molecule has 6 rings (SSSR count). The number of hydrogen-bond acceptors (Lipinski definition) is 11. The molecule has 2 saturated carbocycles. The lowest BCUT2D eigenvalue weighted by Gasteiger charge is -2.27. The molecule has 2 aliphatic carbocycles. The van der Waals surface area contributed by atoms with Crippen LogP contribution in [-0.2, 0) is 65.7 Å². The Morgan fingerprint density at radius 3 is 1.38 bits per heavy atom. The maximum Gasteiger partial charge on any atom is 0.328 e. The van der Waals surface area contributed by atoms with Gasteiger partial charge in [0.05, 0.1) is 45.4 Å². The molecule has 2 aromatic carbocycles. The minimum atomic E-state index is -1.05. The zero-order valence-electron chi connectivity index (χ0n) is 42.8. The summed E-state index contributed by atoms with van der Waals surface area (Å²) in [6, 6.07) is 13.9. The van der Waals surface area contributed by atoms with Crippen molar-refractivity contribution in [3.63, 3.8) is 0 Å². The number of likely N-dealkylation sites (tertiary alicyclic amines) is 2. The molecule has 4 aliphatic rings. The van der Waals surface area contributed by atoms with Gasteiger partial charge in [-0.2, -0.15) is 0 Å². The van der Waals surface area contributed by atoms with Crippen molar-refractivity contribution in [2.45, 2.75) is 191 Å². The van der Waals surface area contributed by atoms with E-state index in [4.69, 9.17) is 23.7 Å². The number of rotatable bonds is 28. The van der Waals surface area contributed by atoms with Crippen LogP contribution < -0.4 is 0 Å². The number of carboxylic acid groups (broad SMARTS) is 1. The number of methoxy groups -OCH3 is 1. The maximum atomic E-state index is 13.8. The van der Waals surface area contributed by atoms with Gasteiger partial charge in [-0.3, -0.25) is 19.2 Å². The minimum absolute atomic E-state index is 0.00987. The van der Waals surface area contributed by atoms with E-state index in [0.717, 1.165) is 123 Å². The van der Waals surface area contributed by atoms with Crippen LogP contribution in [0.15, 0.2) is 82.8 Å². The first kappa shape index (κ1) is 59.5. The Morgan fingerprint density at radius 1 is 0.603 bits per heavy atom. The van der Waals surface area contributed by atoms with Crippen molar-refractivity contribution in [1.29, 1.82) is 0 Å². The van der Waals surface area contributed by atoms with Gasteiger partial charge in [0.25, 0.3) is 0 Å². The lowest BCUT2D eigenvalue weighted by Crippen LogP contribution is -2.44. The van der Waals surface area contributed by atoms with E-state index in [0.29, 0.717) is 39.0 Å². The molecule has 2 amide bonds. The standard InChI is InChI=1S/C29H40BrNO6.C28H38BrNO6/c1-3-4-5-6-7-10-22(17-27(32)37-24-11-8-9-12-24)28(33)31-19-25(18-26(31)29(34)35-2)36-20-21-13-15-23(30)16-14-21;1-2-3-4-5-6-9-21(16-26(31)36-23-10-7-8-11-23)27(32)30-18-24(17-25(30)28(33)34)35-19-20-12-14-22(29)15-13-20/h3,13-16,22,24-26H,1,4-12,17-20H2,2H3;2,12-15,21,23-25H,1,3-11,16-19H2,(H,33,34)/t22-,25+,26+;21-,24+,25+/m11/s1. The average molecular weight is 1140 g/mol. The molecule has 6 atom stereocenters. The molecule has 2 saturated heterocycles. The molecular weight excluding hydrogens is 1060 g/mol. The molecule has 2 aromatic rings. The number of unbranched alkanes of at least 4 members (excludes halogenated alkanes) is 6. The highest BCUT2D eigenvalue weighted by Crippen LogP contribution is 2.31. The highest BCUT2D eigenvalue weighted by molar-refractivity contribution is 9.10. The van der Waals surface area contributed by atoms with Gasteiger partial charge in [0, 0.05) is 46.7 Å². The molecule has 0 unspecified atom stereocenters. The zero-order valence-corrected chi connectivity index (χ0v) is 46.0. The first-order valence-corrected chi connectivity index (χ1v) is 28.1. The predicted octanol–water partition coefficient (Wildman–Crippen LogP) is 11.4. The van der Waals surface area contributed by atoms with Crippen LogP contribution in [0.4, 0.5) is 0 Å². The Kier molecular flexibility index (Phi) is 26.2. The highest BCUT2D eigenvalue weighted by Gasteiger charge is 2.44. The van der Waals surface area contributed by atoms with Crippen LogP contribution in [0.3, 0.4) is 0 Å². The molecule has 73 heavy (non-hydrogen) atoms. The second-order valence-corrected chi connectivity index (χ2v) is 21.7. The van der Waals surface area contributed by atoms with Gasteiger partial charge < -0.3 is 38.6 Å².